The lowest BCUT2D eigenvalue weighted by atomic mass is 9.97. The lowest BCUT2D eigenvalue weighted by molar-refractivity contribution is -0.119. The molecule has 1 amide bonds. The van der Waals surface area contributed by atoms with Gasteiger partial charge in [-0.15, -0.1) is 0 Å². The van der Waals surface area contributed by atoms with Crippen LogP contribution < -0.4 is 19.2 Å². The minimum atomic E-state index is -4.14. The number of ether oxygens (including phenoxy) is 2. The van der Waals surface area contributed by atoms with E-state index in [1.165, 1.54) is 32.4 Å². The Labute approximate surface area is 232 Å². The molecule has 0 unspecified atom stereocenters. The highest BCUT2D eigenvalue weighted by atomic mass is 32.2. The molecule has 5 rings (SSSR count). The average Bonchev–Trinajstić information content (AvgIpc) is 2.99. The topological polar surface area (TPSA) is 97.3 Å². The van der Waals surface area contributed by atoms with Gasteiger partial charge in [-0.3, -0.25) is 9.10 Å². The molecule has 5 aromatic rings. The highest BCUT2D eigenvalue weighted by Gasteiger charge is 2.29. The molecule has 202 valence electrons. The molecule has 0 fully saturated rings. The van der Waals surface area contributed by atoms with Crippen LogP contribution in [0, 0.1) is 0 Å². The Morgan fingerprint density at radius 3 is 2.08 bits per heavy atom. The molecule has 1 N–H and O–H groups in total. The van der Waals surface area contributed by atoms with E-state index in [-0.39, 0.29) is 16.3 Å². The van der Waals surface area contributed by atoms with E-state index in [1.54, 1.807) is 36.5 Å². The zero-order valence-corrected chi connectivity index (χ0v) is 22.8. The maximum Gasteiger partial charge on any atom is 0.264 e. The zero-order valence-electron chi connectivity index (χ0n) is 21.9. The van der Waals surface area contributed by atoms with Gasteiger partial charge in [-0.2, -0.15) is 5.10 Å². The Bertz CT molecular complexity index is 1770. The van der Waals surface area contributed by atoms with E-state index in [0.717, 1.165) is 31.4 Å². The number of rotatable bonds is 9. The van der Waals surface area contributed by atoms with Crippen LogP contribution >= 0.6 is 0 Å². The second-order valence-electron chi connectivity index (χ2n) is 8.89. The van der Waals surface area contributed by atoms with E-state index in [1.807, 2.05) is 48.5 Å². The molecule has 0 spiro atoms. The minimum Gasteiger partial charge on any atom is -0.497 e. The molecule has 0 bridgehead atoms. The highest BCUT2D eigenvalue weighted by Crippen LogP contribution is 2.35. The summed E-state index contributed by atoms with van der Waals surface area (Å²) in [5, 5.41) is 8.26. The zero-order chi connectivity index (χ0) is 28.1. The normalized spacial score (nSPS) is 11.6. The second kappa shape index (κ2) is 11.5. The van der Waals surface area contributed by atoms with Crippen molar-refractivity contribution in [1.82, 2.24) is 5.43 Å². The van der Waals surface area contributed by atoms with Crippen molar-refractivity contribution in [3.8, 4) is 11.5 Å². The number of sulfonamides is 1. The lowest BCUT2D eigenvalue weighted by Gasteiger charge is -2.25. The highest BCUT2D eigenvalue weighted by molar-refractivity contribution is 7.92. The number of amides is 1. The number of methoxy groups -OCH3 is 2. The van der Waals surface area contributed by atoms with Crippen LogP contribution in [-0.4, -0.2) is 41.3 Å². The molecule has 0 heterocycles. The first-order valence-corrected chi connectivity index (χ1v) is 13.9. The number of hydrogen-bond acceptors (Lipinski definition) is 6. The summed E-state index contributed by atoms with van der Waals surface area (Å²) in [5.41, 5.74) is 3.54. The van der Waals surface area contributed by atoms with Gasteiger partial charge in [0.2, 0.25) is 0 Å². The monoisotopic (exact) mass is 553 g/mol. The van der Waals surface area contributed by atoms with Gasteiger partial charge in [0.15, 0.2) is 0 Å². The first-order chi connectivity index (χ1) is 19.4. The molecule has 9 heteroatoms. The van der Waals surface area contributed by atoms with Gasteiger partial charge in [0, 0.05) is 11.6 Å². The van der Waals surface area contributed by atoms with Crippen LogP contribution in [0.5, 0.6) is 11.5 Å². The summed E-state index contributed by atoms with van der Waals surface area (Å²) in [6.45, 7) is -0.534. The van der Waals surface area contributed by atoms with Crippen molar-refractivity contribution in [2.75, 3.05) is 25.1 Å². The van der Waals surface area contributed by atoms with Crippen molar-refractivity contribution in [2.24, 2.45) is 5.10 Å². The molecule has 0 aliphatic rings. The summed E-state index contributed by atoms with van der Waals surface area (Å²) in [5.74, 6) is 0.0876. The van der Waals surface area contributed by atoms with E-state index in [0.29, 0.717) is 5.75 Å². The molecule has 0 aliphatic heterocycles. The molecule has 0 radical (unpaired) electrons. The number of carbonyl (C=O) groups is 1. The Morgan fingerprint density at radius 1 is 0.825 bits per heavy atom. The van der Waals surface area contributed by atoms with E-state index in [9.17, 15) is 13.2 Å². The van der Waals surface area contributed by atoms with Gasteiger partial charge >= 0.3 is 0 Å². The van der Waals surface area contributed by atoms with Crippen molar-refractivity contribution in [2.45, 2.75) is 4.90 Å². The van der Waals surface area contributed by atoms with Crippen LogP contribution in [-0.2, 0) is 14.8 Å². The van der Waals surface area contributed by atoms with Gasteiger partial charge < -0.3 is 9.47 Å². The molecule has 0 saturated heterocycles. The van der Waals surface area contributed by atoms with Crippen molar-refractivity contribution < 1.29 is 22.7 Å². The third-order valence-corrected chi connectivity index (χ3v) is 8.24. The summed E-state index contributed by atoms with van der Waals surface area (Å²) < 4.78 is 39.1. The molecule has 40 heavy (non-hydrogen) atoms. The van der Waals surface area contributed by atoms with E-state index < -0.39 is 22.5 Å². The minimum absolute atomic E-state index is 0.0337. The van der Waals surface area contributed by atoms with E-state index >= 15 is 0 Å². The SMILES string of the molecule is COc1ccc(N(CC(=O)N/N=C\c2c3ccccc3cc3ccccc23)S(=O)(=O)c2ccccc2)c(OC)c1. The van der Waals surface area contributed by atoms with E-state index in [2.05, 4.69) is 16.6 Å². The Morgan fingerprint density at radius 2 is 1.45 bits per heavy atom. The number of fused-ring (bicyclic) bond motifs is 2. The maximum absolute atomic E-state index is 13.7. The third-order valence-electron chi connectivity index (χ3n) is 6.47. The quantitative estimate of drug-likeness (QED) is 0.151. The van der Waals surface area contributed by atoms with Crippen LogP contribution in [0.4, 0.5) is 5.69 Å². The molecule has 8 nitrogen and oxygen atoms in total. The number of benzene rings is 5. The van der Waals surface area contributed by atoms with E-state index in [4.69, 9.17) is 9.47 Å². The number of anilines is 1. The van der Waals surface area contributed by atoms with Crippen molar-refractivity contribution >= 4 is 49.4 Å². The molecule has 0 aliphatic carbocycles. The van der Waals surface area contributed by atoms with Gasteiger partial charge in [0.1, 0.15) is 18.0 Å². The standard InChI is InChI=1S/C31H27N3O5S/c1-38-24-16-17-29(30(19-24)39-2)34(40(36,37)25-12-4-3-5-13-25)21-31(35)33-32-20-28-26-14-8-6-10-22(26)18-23-11-7-9-15-27(23)28/h3-20H,21H2,1-2H3,(H,33,35)/b32-20-. The van der Waals surface area contributed by atoms with Crippen molar-refractivity contribution in [3.05, 3.63) is 109 Å². The van der Waals surface area contributed by atoms with Crippen molar-refractivity contribution in [3.63, 3.8) is 0 Å². The predicted molar refractivity (Wildman–Crippen MR) is 158 cm³/mol. The van der Waals surface area contributed by atoms with Gasteiger partial charge in [0.25, 0.3) is 15.9 Å². The first kappa shape index (κ1) is 26.7. The molecule has 0 saturated carbocycles. The molecule has 0 aromatic heterocycles. The lowest BCUT2D eigenvalue weighted by Crippen LogP contribution is -2.39. The predicted octanol–water partition coefficient (Wildman–Crippen LogP) is 5.36. The number of nitrogens with zero attached hydrogens (tertiary/aromatic N) is 2. The molecular formula is C31H27N3O5S. The van der Waals surface area contributed by atoms with Gasteiger partial charge in [-0.05, 0) is 51.9 Å². The fourth-order valence-corrected chi connectivity index (χ4v) is 5.99. The fraction of sp³-hybridized carbons (Fsp3) is 0.0968. The number of carbonyl (C=O) groups excluding carboxylic acids is 1. The fourth-order valence-electron chi connectivity index (χ4n) is 4.53. The largest absolute Gasteiger partial charge is 0.497 e. The van der Waals surface area contributed by atoms with Crippen LogP contribution in [0.1, 0.15) is 5.56 Å². The summed E-state index contributed by atoms with van der Waals surface area (Å²) in [6, 6.07) is 30.6. The van der Waals surface area contributed by atoms with Gasteiger partial charge in [-0.1, -0.05) is 66.7 Å². The molecular weight excluding hydrogens is 526 g/mol. The third kappa shape index (κ3) is 5.32. The summed E-state index contributed by atoms with van der Waals surface area (Å²) in [4.78, 5) is 13.2. The van der Waals surface area contributed by atoms with Crippen LogP contribution in [0.25, 0.3) is 21.5 Å². The summed E-state index contributed by atoms with van der Waals surface area (Å²) in [6.07, 6.45) is 1.59. The maximum atomic E-state index is 13.7. The van der Waals surface area contributed by atoms with Crippen LogP contribution in [0.2, 0.25) is 0 Å². The molecule has 0 atom stereocenters. The smallest absolute Gasteiger partial charge is 0.264 e. The second-order valence-corrected chi connectivity index (χ2v) is 10.8. The van der Waals surface area contributed by atoms with Gasteiger partial charge in [0.05, 0.1) is 31.0 Å². The number of hydrogen-bond donors (Lipinski definition) is 1. The molecule has 5 aromatic carbocycles. The van der Waals surface area contributed by atoms with Gasteiger partial charge in [-0.25, -0.2) is 13.8 Å². The Balaban J connectivity index is 1.48. The average molecular weight is 554 g/mol. The van der Waals surface area contributed by atoms with Crippen LogP contribution in [0.3, 0.4) is 0 Å². The van der Waals surface area contributed by atoms with Crippen molar-refractivity contribution in [1.29, 1.82) is 0 Å². The summed E-state index contributed by atoms with van der Waals surface area (Å²) >= 11 is 0. The van der Waals surface area contributed by atoms with Crippen LogP contribution in [0.15, 0.2) is 113 Å². The number of nitrogens with one attached hydrogen (secondary N) is 1. The first-order valence-electron chi connectivity index (χ1n) is 12.4. The number of hydrazone groups is 1. The summed E-state index contributed by atoms with van der Waals surface area (Å²) in [7, 11) is -1.22. The Hall–Kier alpha value is -4.89. The Kier molecular flexibility index (Phi) is 7.65.